The van der Waals surface area contributed by atoms with Crippen molar-refractivity contribution in [3.8, 4) is 0 Å². The lowest BCUT2D eigenvalue weighted by molar-refractivity contribution is -0.148. The highest BCUT2D eigenvalue weighted by Crippen LogP contribution is 2.23. The quantitative estimate of drug-likeness (QED) is 0.858. The maximum atomic E-state index is 12.7. The van der Waals surface area contributed by atoms with Crippen LogP contribution in [0.2, 0.25) is 0 Å². The predicted molar refractivity (Wildman–Crippen MR) is 83.3 cm³/mol. The van der Waals surface area contributed by atoms with Crippen LogP contribution >= 0.6 is 0 Å². The van der Waals surface area contributed by atoms with E-state index < -0.39 is 0 Å². The minimum Gasteiger partial charge on any atom is -0.468 e. The molecule has 0 unspecified atom stereocenters. The molecule has 22 heavy (non-hydrogen) atoms. The fraction of sp³-hybridized carbons (Fsp3) is 0.706. The highest BCUT2D eigenvalue weighted by atomic mass is 16.5. The molecule has 3 rings (SSSR count). The third-order valence-corrected chi connectivity index (χ3v) is 4.63. The number of carbonyl (C=O) groups excluding carboxylic acids is 1. The molecule has 5 heteroatoms. The number of amides is 1. The molecule has 1 aromatic heterocycles. The number of rotatable bonds is 3. The number of ether oxygens (including phenoxy) is 1. The van der Waals surface area contributed by atoms with Crippen molar-refractivity contribution in [2.24, 2.45) is 5.92 Å². The molecule has 0 aliphatic carbocycles. The number of hydrogen-bond donors (Lipinski definition) is 0. The Kier molecular flexibility index (Phi) is 4.84. The van der Waals surface area contributed by atoms with Crippen molar-refractivity contribution < 1.29 is 13.9 Å². The van der Waals surface area contributed by atoms with Gasteiger partial charge in [0.25, 0.3) is 0 Å². The van der Waals surface area contributed by atoms with Gasteiger partial charge in [-0.15, -0.1) is 0 Å². The van der Waals surface area contributed by atoms with Crippen molar-refractivity contribution in [3.05, 3.63) is 24.2 Å². The molecule has 0 spiro atoms. The molecule has 122 valence electrons. The number of likely N-dealkylation sites (tertiary alicyclic amines) is 1. The average Bonchev–Trinajstić information content (AvgIpc) is 2.99. The van der Waals surface area contributed by atoms with Crippen molar-refractivity contribution in [2.45, 2.75) is 45.4 Å². The van der Waals surface area contributed by atoms with E-state index in [1.54, 1.807) is 6.26 Å². The lowest BCUT2D eigenvalue weighted by Gasteiger charge is -2.39. The molecule has 3 heterocycles. The Bertz CT molecular complexity index is 470. The highest BCUT2D eigenvalue weighted by molar-refractivity contribution is 5.79. The smallest absolute Gasteiger partial charge is 0.225 e. The molecular formula is C17H26N2O3. The van der Waals surface area contributed by atoms with Gasteiger partial charge in [-0.05, 0) is 51.9 Å². The number of hydrogen-bond acceptors (Lipinski definition) is 4. The molecule has 0 radical (unpaired) electrons. The van der Waals surface area contributed by atoms with Crippen LogP contribution in [0.1, 0.15) is 32.4 Å². The zero-order valence-corrected chi connectivity index (χ0v) is 13.5. The second kappa shape index (κ2) is 6.84. The summed E-state index contributed by atoms with van der Waals surface area (Å²) in [7, 11) is 0. The summed E-state index contributed by atoms with van der Waals surface area (Å²) >= 11 is 0. The first-order valence-corrected chi connectivity index (χ1v) is 8.31. The molecule has 0 N–H and O–H groups in total. The Morgan fingerprint density at radius 1 is 1.23 bits per heavy atom. The van der Waals surface area contributed by atoms with Crippen molar-refractivity contribution in [2.75, 3.05) is 26.2 Å². The van der Waals surface area contributed by atoms with Gasteiger partial charge in [0.15, 0.2) is 0 Å². The molecule has 2 aliphatic heterocycles. The third-order valence-electron chi connectivity index (χ3n) is 4.63. The van der Waals surface area contributed by atoms with Crippen molar-refractivity contribution >= 4 is 5.91 Å². The SMILES string of the molecule is C[C@H]1CN(C(=O)C2CCN(Cc3ccco3)CC2)C[C@H](C)O1. The summed E-state index contributed by atoms with van der Waals surface area (Å²) in [6.45, 7) is 8.33. The van der Waals surface area contributed by atoms with E-state index in [0.29, 0.717) is 5.91 Å². The van der Waals surface area contributed by atoms with Crippen LogP contribution in [0, 0.1) is 5.92 Å². The molecule has 5 nitrogen and oxygen atoms in total. The summed E-state index contributed by atoms with van der Waals surface area (Å²) in [6, 6.07) is 3.93. The van der Waals surface area contributed by atoms with Gasteiger partial charge in [-0.1, -0.05) is 0 Å². The third kappa shape index (κ3) is 3.70. The molecule has 1 aromatic rings. The van der Waals surface area contributed by atoms with E-state index in [-0.39, 0.29) is 18.1 Å². The summed E-state index contributed by atoms with van der Waals surface area (Å²) in [4.78, 5) is 17.1. The van der Waals surface area contributed by atoms with E-state index in [2.05, 4.69) is 4.90 Å². The van der Waals surface area contributed by atoms with Crippen molar-refractivity contribution in [1.29, 1.82) is 0 Å². The van der Waals surface area contributed by atoms with E-state index >= 15 is 0 Å². The van der Waals surface area contributed by atoms with Gasteiger partial charge in [-0.3, -0.25) is 9.69 Å². The van der Waals surface area contributed by atoms with Crippen LogP contribution in [0.25, 0.3) is 0 Å². The summed E-state index contributed by atoms with van der Waals surface area (Å²) in [5, 5.41) is 0. The van der Waals surface area contributed by atoms with Crippen LogP contribution in [0.3, 0.4) is 0 Å². The molecule has 2 aliphatic rings. The van der Waals surface area contributed by atoms with Crippen LogP contribution in [0.5, 0.6) is 0 Å². The number of carbonyl (C=O) groups is 1. The summed E-state index contributed by atoms with van der Waals surface area (Å²) in [6.07, 6.45) is 3.89. The van der Waals surface area contributed by atoms with Crippen LogP contribution in [-0.4, -0.2) is 54.1 Å². The summed E-state index contributed by atoms with van der Waals surface area (Å²) in [5.41, 5.74) is 0. The van der Waals surface area contributed by atoms with E-state index in [9.17, 15) is 4.79 Å². The van der Waals surface area contributed by atoms with Gasteiger partial charge >= 0.3 is 0 Å². The second-order valence-electron chi connectivity index (χ2n) is 6.63. The monoisotopic (exact) mass is 306 g/mol. The van der Waals surface area contributed by atoms with Gasteiger partial charge in [-0.25, -0.2) is 0 Å². The Balaban J connectivity index is 1.49. The van der Waals surface area contributed by atoms with Crippen LogP contribution in [0.15, 0.2) is 22.8 Å². The fourth-order valence-electron chi connectivity index (χ4n) is 3.58. The summed E-state index contributed by atoms with van der Waals surface area (Å²) in [5.74, 6) is 1.49. The standard InChI is InChI=1S/C17H26N2O3/c1-13-10-19(11-14(2)22-13)17(20)15-5-7-18(8-6-15)12-16-4-3-9-21-16/h3-4,9,13-15H,5-8,10-12H2,1-2H3/t13-,14-/m0/s1. The molecular weight excluding hydrogens is 280 g/mol. The lowest BCUT2D eigenvalue weighted by atomic mass is 9.94. The number of nitrogens with zero attached hydrogens (tertiary/aromatic N) is 2. The van der Waals surface area contributed by atoms with Crippen LogP contribution < -0.4 is 0 Å². The van der Waals surface area contributed by atoms with Gasteiger partial charge in [0, 0.05) is 19.0 Å². The Morgan fingerprint density at radius 2 is 1.91 bits per heavy atom. The molecule has 2 fully saturated rings. The molecule has 0 bridgehead atoms. The zero-order chi connectivity index (χ0) is 15.5. The topological polar surface area (TPSA) is 45.9 Å². The number of morpholine rings is 1. The van der Waals surface area contributed by atoms with Gasteiger partial charge in [-0.2, -0.15) is 0 Å². The largest absolute Gasteiger partial charge is 0.468 e. The van der Waals surface area contributed by atoms with E-state index in [4.69, 9.17) is 9.15 Å². The number of furan rings is 1. The van der Waals surface area contributed by atoms with Gasteiger partial charge < -0.3 is 14.1 Å². The Hall–Kier alpha value is -1.33. The normalized spacial score (nSPS) is 28.0. The van der Waals surface area contributed by atoms with E-state index in [0.717, 1.165) is 51.3 Å². The molecule has 0 saturated carbocycles. The van der Waals surface area contributed by atoms with Crippen LogP contribution in [-0.2, 0) is 16.1 Å². The van der Waals surface area contributed by atoms with Crippen molar-refractivity contribution in [3.63, 3.8) is 0 Å². The lowest BCUT2D eigenvalue weighted by Crippen LogP contribution is -2.51. The van der Waals surface area contributed by atoms with Crippen molar-refractivity contribution in [1.82, 2.24) is 9.80 Å². The first-order valence-electron chi connectivity index (χ1n) is 8.31. The predicted octanol–water partition coefficient (Wildman–Crippen LogP) is 2.13. The molecule has 2 atom stereocenters. The molecule has 0 aromatic carbocycles. The maximum absolute atomic E-state index is 12.7. The first-order chi connectivity index (χ1) is 10.6. The van der Waals surface area contributed by atoms with Crippen LogP contribution in [0.4, 0.5) is 0 Å². The number of piperidine rings is 1. The first kappa shape index (κ1) is 15.6. The average molecular weight is 306 g/mol. The zero-order valence-electron chi connectivity index (χ0n) is 13.5. The molecule has 1 amide bonds. The Labute approximate surface area is 132 Å². The fourth-order valence-corrected chi connectivity index (χ4v) is 3.58. The maximum Gasteiger partial charge on any atom is 0.225 e. The van der Waals surface area contributed by atoms with Gasteiger partial charge in [0.05, 0.1) is 25.0 Å². The minimum atomic E-state index is 0.145. The highest BCUT2D eigenvalue weighted by Gasteiger charge is 2.32. The summed E-state index contributed by atoms with van der Waals surface area (Å²) < 4.78 is 11.1. The molecule has 2 saturated heterocycles. The van der Waals surface area contributed by atoms with Gasteiger partial charge in [0.2, 0.25) is 5.91 Å². The minimum absolute atomic E-state index is 0.145. The Morgan fingerprint density at radius 3 is 2.50 bits per heavy atom. The van der Waals surface area contributed by atoms with E-state index in [1.807, 2.05) is 30.9 Å². The second-order valence-corrected chi connectivity index (χ2v) is 6.63. The van der Waals surface area contributed by atoms with Gasteiger partial charge in [0.1, 0.15) is 5.76 Å². The van der Waals surface area contributed by atoms with E-state index in [1.165, 1.54) is 0 Å².